The van der Waals surface area contributed by atoms with Crippen molar-refractivity contribution in [3.8, 4) is 0 Å². The van der Waals surface area contributed by atoms with Gasteiger partial charge in [0.1, 0.15) is 5.76 Å². The summed E-state index contributed by atoms with van der Waals surface area (Å²) in [5.74, 6) is 2.99. The maximum Gasteiger partial charge on any atom is 0.194 e. The molecule has 1 saturated heterocycles. The minimum absolute atomic E-state index is 0.496. The molecule has 1 aromatic rings. The molecule has 0 radical (unpaired) electrons. The lowest BCUT2D eigenvalue weighted by atomic mass is 9.98. The van der Waals surface area contributed by atoms with Gasteiger partial charge >= 0.3 is 0 Å². The summed E-state index contributed by atoms with van der Waals surface area (Å²) in [5, 5.41) is 0. The van der Waals surface area contributed by atoms with Crippen molar-refractivity contribution in [1.82, 2.24) is 4.98 Å². The zero-order valence-electron chi connectivity index (χ0n) is 8.75. The van der Waals surface area contributed by atoms with Crippen LogP contribution in [0.15, 0.2) is 10.6 Å². The summed E-state index contributed by atoms with van der Waals surface area (Å²) in [7, 11) is 0. The van der Waals surface area contributed by atoms with Crippen LogP contribution in [0, 0.1) is 0 Å². The first-order valence-corrected chi connectivity index (χ1v) is 6.02. The van der Waals surface area contributed by atoms with E-state index >= 15 is 0 Å². The van der Waals surface area contributed by atoms with Gasteiger partial charge in [-0.2, -0.15) is 0 Å². The van der Waals surface area contributed by atoms with E-state index in [4.69, 9.17) is 20.8 Å². The van der Waals surface area contributed by atoms with Gasteiger partial charge in [-0.05, 0) is 19.3 Å². The van der Waals surface area contributed by atoms with Gasteiger partial charge in [-0.25, -0.2) is 4.98 Å². The third-order valence-electron chi connectivity index (χ3n) is 2.72. The van der Waals surface area contributed by atoms with Gasteiger partial charge in [-0.3, -0.25) is 0 Å². The molecule has 0 amide bonds. The average Bonchev–Trinajstić information content (AvgIpc) is 2.76. The summed E-state index contributed by atoms with van der Waals surface area (Å²) in [5.41, 5.74) is 0. The summed E-state index contributed by atoms with van der Waals surface area (Å²) in [6.07, 6.45) is 5.72. The van der Waals surface area contributed by atoms with Gasteiger partial charge in [0.25, 0.3) is 0 Å². The molecule has 0 aliphatic carbocycles. The van der Waals surface area contributed by atoms with E-state index in [1.54, 1.807) is 0 Å². The Morgan fingerprint density at radius 2 is 2.20 bits per heavy atom. The molecular weight excluding hydrogens is 214 g/mol. The van der Waals surface area contributed by atoms with Crippen LogP contribution in [-0.2, 0) is 11.2 Å². The van der Waals surface area contributed by atoms with E-state index in [2.05, 4.69) is 4.98 Å². The van der Waals surface area contributed by atoms with E-state index < -0.39 is 0 Å². The minimum Gasteiger partial charge on any atom is -0.445 e. The standard InChI is InChI=1S/C11H16ClNO2/c12-5-1-2-11-13-8-10(15-11)9-3-6-14-7-4-9/h8-9H,1-7H2. The Balaban J connectivity index is 1.93. The van der Waals surface area contributed by atoms with E-state index in [1.165, 1.54) is 0 Å². The first-order valence-electron chi connectivity index (χ1n) is 5.48. The summed E-state index contributed by atoms with van der Waals surface area (Å²) >= 11 is 5.62. The van der Waals surface area contributed by atoms with Crippen molar-refractivity contribution in [2.45, 2.75) is 31.6 Å². The van der Waals surface area contributed by atoms with Crippen LogP contribution in [0.25, 0.3) is 0 Å². The Morgan fingerprint density at radius 1 is 1.40 bits per heavy atom. The molecule has 1 aromatic heterocycles. The quantitative estimate of drug-likeness (QED) is 0.745. The van der Waals surface area contributed by atoms with Crippen molar-refractivity contribution < 1.29 is 9.15 Å². The number of hydrogen-bond donors (Lipinski definition) is 0. The van der Waals surface area contributed by atoms with Crippen molar-refractivity contribution >= 4 is 11.6 Å². The van der Waals surface area contributed by atoms with Crippen molar-refractivity contribution in [1.29, 1.82) is 0 Å². The predicted octanol–water partition coefficient (Wildman–Crippen LogP) is 2.74. The van der Waals surface area contributed by atoms with Crippen LogP contribution in [0.1, 0.15) is 36.8 Å². The van der Waals surface area contributed by atoms with E-state index in [-0.39, 0.29) is 0 Å². The van der Waals surface area contributed by atoms with Gasteiger partial charge in [0.2, 0.25) is 0 Å². The minimum atomic E-state index is 0.496. The molecule has 1 fully saturated rings. The SMILES string of the molecule is ClCCCc1ncc(C2CCOCC2)o1. The third-order valence-corrected chi connectivity index (χ3v) is 2.99. The summed E-state index contributed by atoms with van der Waals surface area (Å²) < 4.78 is 11.0. The lowest BCUT2D eigenvalue weighted by Crippen LogP contribution is -2.13. The molecule has 1 aliphatic heterocycles. The molecule has 0 saturated carbocycles. The predicted molar refractivity (Wildman–Crippen MR) is 58.3 cm³/mol. The molecule has 1 aliphatic rings. The fourth-order valence-electron chi connectivity index (χ4n) is 1.83. The van der Waals surface area contributed by atoms with E-state index in [0.29, 0.717) is 11.8 Å². The number of hydrogen-bond acceptors (Lipinski definition) is 3. The third kappa shape index (κ3) is 2.95. The van der Waals surface area contributed by atoms with Crippen LogP contribution in [0.2, 0.25) is 0 Å². The molecule has 0 aromatic carbocycles. The highest BCUT2D eigenvalue weighted by atomic mass is 35.5. The highest BCUT2D eigenvalue weighted by Gasteiger charge is 2.19. The van der Waals surface area contributed by atoms with Gasteiger partial charge in [0, 0.05) is 31.4 Å². The monoisotopic (exact) mass is 229 g/mol. The maximum atomic E-state index is 5.70. The van der Waals surface area contributed by atoms with Crippen LogP contribution in [-0.4, -0.2) is 24.1 Å². The highest BCUT2D eigenvalue weighted by molar-refractivity contribution is 6.17. The van der Waals surface area contributed by atoms with Gasteiger partial charge < -0.3 is 9.15 Å². The molecule has 0 unspecified atom stereocenters. The number of rotatable bonds is 4. The number of aromatic nitrogens is 1. The second-order valence-electron chi connectivity index (χ2n) is 3.84. The van der Waals surface area contributed by atoms with Gasteiger partial charge in [0.05, 0.1) is 6.20 Å². The Hall–Kier alpha value is -0.540. The van der Waals surface area contributed by atoms with Crippen LogP contribution in [0.5, 0.6) is 0 Å². The lowest BCUT2D eigenvalue weighted by molar-refractivity contribution is 0.0804. The normalized spacial score (nSPS) is 18.2. The Morgan fingerprint density at radius 3 is 2.93 bits per heavy atom. The number of ether oxygens (including phenoxy) is 1. The Bertz CT molecular complexity index is 295. The largest absolute Gasteiger partial charge is 0.445 e. The number of oxazole rings is 1. The maximum absolute atomic E-state index is 5.70. The molecule has 3 nitrogen and oxygen atoms in total. The van der Waals surface area contributed by atoms with Gasteiger partial charge in [-0.1, -0.05) is 0 Å². The first-order chi connectivity index (χ1) is 7.40. The van der Waals surface area contributed by atoms with Crippen molar-refractivity contribution in [3.05, 3.63) is 17.8 Å². The average molecular weight is 230 g/mol. The topological polar surface area (TPSA) is 35.3 Å². The van der Waals surface area contributed by atoms with Crippen molar-refractivity contribution in [3.63, 3.8) is 0 Å². The molecule has 0 N–H and O–H groups in total. The highest BCUT2D eigenvalue weighted by Crippen LogP contribution is 2.27. The summed E-state index contributed by atoms with van der Waals surface area (Å²) in [6, 6.07) is 0. The fourth-order valence-corrected chi connectivity index (χ4v) is 1.96. The zero-order chi connectivity index (χ0) is 10.5. The number of alkyl halides is 1. The molecule has 15 heavy (non-hydrogen) atoms. The van der Waals surface area contributed by atoms with Crippen LogP contribution < -0.4 is 0 Å². The van der Waals surface area contributed by atoms with Crippen molar-refractivity contribution in [2.75, 3.05) is 19.1 Å². The molecule has 84 valence electrons. The number of aryl methyl sites for hydroxylation is 1. The second kappa shape index (κ2) is 5.52. The molecule has 4 heteroatoms. The molecular formula is C11H16ClNO2. The first kappa shape index (κ1) is 11.0. The van der Waals surface area contributed by atoms with E-state index in [9.17, 15) is 0 Å². The van der Waals surface area contributed by atoms with Crippen LogP contribution in [0.3, 0.4) is 0 Å². The van der Waals surface area contributed by atoms with Crippen molar-refractivity contribution in [2.24, 2.45) is 0 Å². The molecule has 2 rings (SSSR count). The lowest BCUT2D eigenvalue weighted by Gasteiger charge is -2.19. The smallest absolute Gasteiger partial charge is 0.194 e. The van der Waals surface area contributed by atoms with Crippen LogP contribution >= 0.6 is 11.6 Å². The zero-order valence-corrected chi connectivity index (χ0v) is 9.50. The summed E-state index contributed by atoms with van der Waals surface area (Å²) in [4.78, 5) is 4.26. The van der Waals surface area contributed by atoms with E-state index in [1.807, 2.05) is 6.20 Å². The molecule has 0 bridgehead atoms. The Labute approximate surface area is 94.8 Å². The summed E-state index contributed by atoms with van der Waals surface area (Å²) in [6.45, 7) is 1.67. The van der Waals surface area contributed by atoms with Gasteiger partial charge in [0.15, 0.2) is 5.89 Å². The Kier molecular flexibility index (Phi) is 4.03. The number of halogens is 1. The second-order valence-corrected chi connectivity index (χ2v) is 4.21. The number of nitrogens with zero attached hydrogens (tertiary/aromatic N) is 1. The fraction of sp³-hybridized carbons (Fsp3) is 0.727. The molecule has 0 atom stereocenters. The van der Waals surface area contributed by atoms with Gasteiger partial charge in [-0.15, -0.1) is 11.6 Å². The molecule has 2 heterocycles. The van der Waals surface area contributed by atoms with Crippen LogP contribution in [0.4, 0.5) is 0 Å². The van der Waals surface area contributed by atoms with E-state index in [0.717, 1.165) is 50.5 Å². The molecule has 0 spiro atoms.